The first-order chi connectivity index (χ1) is 10.6. The van der Waals surface area contributed by atoms with Gasteiger partial charge in [0, 0.05) is 0 Å². The first kappa shape index (κ1) is 14.8. The SMILES string of the molecule is CC1=C(c2ccccc2)C1C(=O)NC1(C(N)=O)CCCCC1. The van der Waals surface area contributed by atoms with Crippen LogP contribution in [0.3, 0.4) is 0 Å². The van der Waals surface area contributed by atoms with Gasteiger partial charge in [-0.3, -0.25) is 9.59 Å². The van der Waals surface area contributed by atoms with Gasteiger partial charge in [0.05, 0.1) is 5.92 Å². The Balaban J connectivity index is 1.72. The molecule has 0 saturated heterocycles. The minimum Gasteiger partial charge on any atom is -0.368 e. The second-order valence-electron chi connectivity index (χ2n) is 6.39. The van der Waals surface area contributed by atoms with Gasteiger partial charge in [-0.1, -0.05) is 55.2 Å². The Morgan fingerprint density at radius 3 is 2.36 bits per heavy atom. The number of hydrogen-bond donors (Lipinski definition) is 2. The van der Waals surface area contributed by atoms with Crippen LogP contribution >= 0.6 is 0 Å². The summed E-state index contributed by atoms with van der Waals surface area (Å²) in [4.78, 5) is 24.5. The lowest BCUT2D eigenvalue weighted by molar-refractivity contribution is -0.133. The number of nitrogens with two attached hydrogens (primary N) is 1. The van der Waals surface area contributed by atoms with Gasteiger partial charge in [-0.25, -0.2) is 0 Å². The number of carbonyl (C=O) groups excluding carboxylic acids is 2. The van der Waals surface area contributed by atoms with E-state index in [2.05, 4.69) is 5.32 Å². The van der Waals surface area contributed by atoms with Crippen molar-refractivity contribution in [2.24, 2.45) is 11.7 Å². The van der Waals surface area contributed by atoms with E-state index in [-0.39, 0.29) is 11.8 Å². The monoisotopic (exact) mass is 298 g/mol. The molecule has 0 spiro atoms. The summed E-state index contributed by atoms with van der Waals surface area (Å²) in [6.45, 7) is 1.98. The summed E-state index contributed by atoms with van der Waals surface area (Å²) >= 11 is 0. The maximum Gasteiger partial charge on any atom is 0.243 e. The Labute approximate surface area is 130 Å². The van der Waals surface area contributed by atoms with Crippen LogP contribution in [0.4, 0.5) is 0 Å². The van der Waals surface area contributed by atoms with Crippen molar-refractivity contribution in [3.8, 4) is 0 Å². The maximum atomic E-state index is 12.6. The number of benzene rings is 1. The number of carbonyl (C=O) groups is 2. The molecule has 0 heterocycles. The van der Waals surface area contributed by atoms with Gasteiger partial charge in [-0.2, -0.15) is 0 Å². The van der Waals surface area contributed by atoms with E-state index in [0.29, 0.717) is 12.8 Å². The molecule has 1 aromatic carbocycles. The molecule has 4 nitrogen and oxygen atoms in total. The predicted octanol–water partition coefficient (Wildman–Crippen LogP) is 2.39. The molecule has 1 aromatic rings. The van der Waals surface area contributed by atoms with Gasteiger partial charge >= 0.3 is 0 Å². The summed E-state index contributed by atoms with van der Waals surface area (Å²) < 4.78 is 0. The minimum atomic E-state index is -0.847. The zero-order valence-electron chi connectivity index (χ0n) is 12.9. The van der Waals surface area contributed by atoms with Gasteiger partial charge in [0.25, 0.3) is 0 Å². The highest BCUT2D eigenvalue weighted by molar-refractivity contribution is 6.07. The van der Waals surface area contributed by atoms with Crippen molar-refractivity contribution in [3.05, 3.63) is 41.5 Å². The van der Waals surface area contributed by atoms with Crippen LogP contribution in [-0.2, 0) is 9.59 Å². The predicted molar refractivity (Wildman–Crippen MR) is 85.7 cm³/mol. The Bertz CT molecular complexity index is 628. The van der Waals surface area contributed by atoms with Crippen molar-refractivity contribution in [2.45, 2.75) is 44.6 Å². The van der Waals surface area contributed by atoms with Gasteiger partial charge in [0.2, 0.25) is 11.8 Å². The fourth-order valence-electron chi connectivity index (χ4n) is 3.57. The number of amides is 2. The Morgan fingerprint density at radius 1 is 1.14 bits per heavy atom. The fraction of sp³-hybridized carbons (Fsp3) is 0.444. The molecule has 2 amide bonds. The van der Waals surface area contributed by atoms with E-state index >= 15 is 0 Å². The third-order valence-electron chi connectivity index (χ3n) is 4.95. The van der Waals surface area contributed by atoms with Crippen LogP contribution in [0.15, 0.2) is 35.9 Å². The molecule has 3 N–H and O–H groups in total. The zero-order valence-corrected chi connectivity index (χ0v) is 12.9. The summed E-state index contributed by atoms with van der Waals surface area (Å²) in [5.41, 5.74) is 7.98. The van der Waals surface area contributed by atoms with Crippen LogP contribution < -0.4 is 11.1 Å². The molecule has 116 valence electrons. The molecule has 1 atom stereocenters. The molecule has 4 heteroatoms. The number of nitrogens with one attached hydrogen (secondary N) is 1. The minimum absolute atomic E-state index is 0.0861. The summed E-state index contributed by atoms with van der Waals surface area (Å²) in [5, 5.41) is 2.97. The van der Waals surface area contributed by atoms with Crippen molar-refractivity contribution in [1.29, 1.82) is 0 Å². The molecule has 0 aliphatic heterocycles. The van der Waals surface area contributed by atoms with Crippen LogP contribution in [0.2, 0.25) is 0 Å². The van der Waals surface area contributed by atoms with Gasteiger partial charge < -0.3 is 11.1 Å². The average Bonchev–Trinajstić information content (AvgIpc) is 3.20. The second kappa shape index (κ2) is 5.59. The van der Waals surface area contributed by atoms with Crippen molar-refractivity contribution in [2.75, 3.05) is 0 Å². The van der Waals surface area contributed by atoms with E-state index in [1.807, 2.05) is 37.3 Å². The average molecular weight is 298 g/mol. The van der Waals surface area contributed by atoms with E-state index < -0.39 is 11.4 Å². The molecule has 0 bridgehead atoms. The van der Waals surface area contributed by atoms with Crippen LogP contribution in [-0.4, -0.2) is 17.4 Å². The molecular formula is C18H22N2O2. The Morgan fingerprint density at radius 2 is 1.77 bits per heavy atom. The van der Waals surface area contributed by atoms with Gasteiger partial charge in [0.1, 0.15) is 5.54 Å². The van der Waals surface area contributed by atoms with Crippen molar-refractivity contribution < 1.29 is 9.59 Å². The van der Waals surface area contributed by atoms with Crippen molar-refractivity contribution >= 4 is 17.4 Å². The van der Waals surface area contributed by atoms with Gasteiger partial charge in [-0.15, -0.1) is 0 Å². The molecule has 3 rings (SSSR count). The van der Waals surface area contributed by atoms with E-state index in [4.69, 9.17) is 5.73 Å². The van der Waals surface area contributed by atoms with Crippen LogP contribution in [0.1, 0.15) is 44.6 Å². The highest BCUT2D eigenvalue weighted by Gasteiger charge is 2.45. The Kier molecular flexibility index (Phi) is 3.77. The molecule has 1 unspecified atom stereocenters. The number of rotatable bonds is 4. The molecule has 0 aromatic heterocycles. The molecular weight excluding hydrogens is 276 g/mol. The summed E-state index contributed by atoms with van der Waals surface area (Å²) in [5.74, 6) is -0.697. The van der Waals surface area contributed by atoms with E-state index in [1.54, 1.807) is 0 Å². The second-order valence-corrected chi connectivity index (χ2v) is 6.39. The zero-order chi connectivity index (χ0) is 15.7. The normalized spacial score (nSPS) is 23.0. The molecule has 0 radical (unpaired) electrons. The lowest BCUT2D eigenvalue weighted by Gasteiger charge is -2.35. The molecule has 22 heavy (non-hydrogen) atoms. The van der Waals surface area contributed by atoms with Gasteiger partial charge in [-0.05, 0) is 30.9 Å². The Hall–Kier alpha value is -2.10. The van der Waals surface area contributed by atoms with Crippen LogP contribution in [0.5, 0.6) is 0 Å². The summed E-state index contributed by atoms with van der Waals surface area (Å²) in [6, 6.07) is 9.91. The largest absolute Gasteiger partial charge is 0.368 e. The number of hydrogen-bond acceptors (Lipinski definition) is 2. The molecule has 2 aliphatic carbocycles. The van der Waals surface area contributed by atoms with Crippen molar-refractivity contribution in [1.82, 2.24) is 5.32 Å². The third-order valence-corrected chi connectivity index (χ3v) is 4.95. The van der Waals surface area contributed by atoms with E-state index in [9.17, 15) is 9.59 Å². The maximum absolute atomic E-state index is 12.6. The summed E-state index contributed by atoms with van der Waals surface area (Å²) in [6.07, 6.45) is 4.28. The smallest absolute Gasteiger partial charge is 0.243 e. The third kappa shape index (κ3) is 2.54. The molecule has 1 saturated carbocycles. The number of primary amides is 1. The van der Waals surface area contributed by atoms with Gasteiger partial charge in [0.15, 0.2) is 0 Å². The van der Waals surface area contributed by atoms with Crippen molar-refractivity contribution in [3.63, 3.8) is 0 Å². The fourth-order valence-corrected chi connectivity index (χ4v) is 3.57. The molecule has 1 fully saturated rings. The van der Waals surface area contributed by atoms with Crippen LogP contribution in [0, 0.1) is 5.92 Å². The highest BCUT2D eigenvalue weighted by atomic mass is 16.2. The van der Waals surface area contributed by atoms with E-state index in [0.717, 1.165) is 36.0 Å². The molecule has 2 aliphatic rings. The standard InChI is InChI=1S/C18H22N2O2/c1-12-14(13-8-4-2-5-9-13)15(12)16(21)20-18(17(19)22)10-6-3-7-11-18/h2,4-5,8-9,15H,3,6-7,10-11H2,1H3,(H2,19,22)(H,20,21). The first-order valence-electron chi connectivity index (χ1n) is 7.93. The summed E-state index contributed by atoms with van der Waals surface area (Å²) in [7, 11) is 0. The lowest BCUT2D eigenvalue weighted by Crippen LogP contribution is -2.59. The topological polar surface area (TPSA) is 72.2 Å². The first-order valence-corrected chi connectivity index (χ1v) is 7.93. The highest BCUT2D eigenvalue weighted by Crippen LogP contribution is 2.47. The van der Waals surface area contributed by atoms with E-state index in [1.165, 1.54) is 0 Å². The lowest BCUT2D eigenvalue weighted by atomic mass is 9.81. The van der Waals surface area contributed by atoms with Crippen LogP contribution in [0.25, 0.3) is 5.57 Å². The quantitative estimate of drug-likeness (QED) is 0.896.